The lowest BCUT2D eigenvalue weighted by Gasteiger charge is -2.28. The molecule has 2 nitrogen and oxygen atoms in total. The fourth-order valence-electron chi connectivity index (χ4n) is 4.63. The predicted molar refractivity (Wildman–Crippen MR) is 127 cm³/mol. The Hall–Kier alpha value is -1.22. The summed E-state index contributed by atoms with van der Waals surface area (Å²) in [6, 6.07) is 6.64. The average Bonchev–Trinajstić information content (AvgIpc) is 2.75. The monoisotopic (exact) mass is 456 g/mol. The largest absolute Gasteiger partial charge is 0.236 e. The lowest BCUT2D eigenvalue weighted by molar-refractivity contribution is 0.302. The molecule has 1 aromatic carbocycles. The molecule has 1 aliphatic rings. The molecule has 1 aromatic heterocycles. The smallest absolute Gasteiger partial charge is 0.160 e. The highest BCUT2D eigenvalue weighted by Crippen LogP contribution is 2.37. The van der Waals surface area contributed by atoms with Gasteiger partial charge in [0.2, 0.25) is 0 Å². The molecule has 0 amide bonds. The van der Waals surface area contributed by atoms with Gasteiger partial charge >= 0.3 is 0 Å². The second-order valence-corrected chi connectivity index (χ2v) is 9.68. The number of hydrogen-bond acceptors (Lipinski definition) is 2. The molecule has 0 saturated heterocycles. The first-order valence-electron chi connectivity index (χ1n) is 11.8. The Balaban J connectivity index is 1.56. The maximum Gasteiger partial charge on any atom is 0.160 e. The van der Waals surface area contributed by atoms with Gasteiger partial charge in [-0.3, -0.25) is 0 Å². The van der Waals surface area contributed by atoms with E-state index in [0.29, 0.717) is 5.92 Å². The number of rotatable bonds is 10. The van der Waals surface area contributed by atoms with Crippen LogP contribution in [0.5, 0.6) is 0 Å². The molecule has 2 aromatic rings. The van der Waals surface area contributed by atoms with Crippen LogP contribution in [0.3, 0.4) is 0 Å². The lowest BCUT2D eigenvalue weighted by Crippen LogP contribution is -2.14. The van der Waals surface area contributed by atoms with Gasteiger partial charge in [-0.05, 0) is 73.6 Å². The third kappa shape index (κ3) is 6.64. The van der Waals surface area contributed by atoms with Crippen molar-refractivity contribution in [1.82, 2.24) is 9.97 Å². The number of benzene rings is 1. The first kappa shape index (κ1) is 22.5. The molecule has 1 aliphatic carbocycles. The summed E-state index contributed by atoms with van der Waals surface area (Å²) in [5, 5.41) is 0. The zero-order valence-electron chi connectivity index (χ0n) is 18.3. The van der Waals surface area contributed by atoms with E-state index in [-0.39, 0.29) is 0 Å². The minimum atomic E-state index is 0.649. The second-order valence-electron chi connectivity index (χ2n) is 8.82. The summed E-state index contributed by atoms with van der Waals surface area (Å²) >= 11 is 3.74. The first-order chi connectivity index (χ1) is 14.2. The highest BCUT2D eigenvalue weighted by Gasteiger charge is 2.22. The summed E-state index contributed by atoms with van der Waals surface area (Å²) in [5.74, 6) is 2.43. The summed E-state index contributed by atoms with van der Waals surface area (Å²) in [6.07, 6.45) is 20.0. The van der Waals surface area contributed by atoms with Crippen molar-refractivity contribution in [3.8, 4) is 11.4 Å². The topological polar surface area (TPSA) is 25.8 Å². The van der Waals surface area contributed by atoms with E-state index in [9.17, 15) is 0 Å². The van der Waals surface area contributed by atoms with Crippen molar-refractivity contribution in [2.45, 2.75) is 96.8 Å². The van der Waals surface area contributed by atoms with Crippen molar-refractivity contribution in [2.75, 3.05) is 0 Å². The Kier molecular flexibility index (Phi) is 9.17. The van der Waals surface area contributed by atoms with Gasteiger partial charge in [-0.2, -0.15) is 0 Å². The molecule has 0 unspecified atom stereocenters. The lowest BCUT2D eigenvalue weighted by atomic mass is 9.77. The van der Waals surface area contributed by atoms with Crippen LogP contribution in [0, 0.1) is 5.92 Å². The van der Waals surface area contributed by atoms with E-state index in [0.717, 1.165) is 28.2 Å². The van der Waals surface area contributed by atoms with Crippen molar-refractivity contribution in [1.29, 1.82) is 0 Å². The van der Waals surface area contributed by atoms with E-state index in [1.54, 1.807) is 0 Å². The maximum absolute atomic E-state index is 4.73. The van der Waals surface area contributed by atoms with Crippen LogP contribution in [0.4, 0.5) is 0 Å². The Morgan fingerprint density at radius 2 is 1.59 bits per heavy atom. The van der Waals surface area contributed by atoms with Crippen LogP contribution in [0.25, 0.3) is 11.4 Å². The zero-order chi connectivity index (χ0) is 20.5. The number of unbranched alkanes of at least 4 members (excludes halogenated alkanes) is 4. The van der Waals surface area contributed by atoms with Crippen LogP contribution in [0.15, 0.2) is 35.1 Å². The van der Waals surface area contributed by atoms with Crippen LogP contribution < -0.4 is 0 Å². The summed E-state index contributed by atoms with van der Waals surface area (Å²) in [6.45, 7) is 4.54. The number of nitrogens with zero attached hydrogens (tertiary/aromatic N) is 2. The quantitative estimate of drug-likeness (QED) is 0.334. The van der Waals surface area contributed by atoms with Gasteiger partial charge in [-0.15, -0.1) is 0 Å². The molecule has 3 heteroatoms. The molecular formula is C26H37BrN2. The molecule has 0 aliphatic heterocycles. The number of halogens is 1. The van der Waals surface area contributed by atoms with Gasteiger partial charge in [-0.1, -0.05) is 74.4 Å². The zero-order valence-corrected chi connectivity index (χ0v) is 19.9. The molecule has 0 spiro atoms. The molecular weight excluding hydrogens is 420 g/mol. The molecule has 29 heavy (non-hydrogen) atoms. The molecule has 1 saturated carbocycles. The van der Waals surface area contributed by atoms with Crippen molar-refractivity contribution in [3.05, 3.63) is 46.2 Å². The van der Waals surface area contributed by atoms with Gasteiger partial charge in [0.15, 0.2) is 5.82 Å². The molecule has 0 bridgehead atoms. The van der Waals surface area contributed by atoms with E-state index in [1.807, 2.05) is 0 Å². The Morgan fingerprint density at radius 3 is 2.24 bits per heavy atom. The molecule has 0 radical (unpaired) electrons. The molecule has 3 rings (SSSR count). The van der Waals surface area contributed by atoms with Gasteiger partial charge in [0, 0.05) is 22.4 Å². The maximum atomic E-state index is 4.73. The summed E-state index contributed by atoms with van der Waals surface area (Å²) in [4.78, 5) is 9.46. The molecule has 158 valence electrons. The summed E-state index contributed by atoms with van der Waals surface area (Å²) < 4.78 is 1.10. The number of aryl methyl sites for hydroxylation is 1. The third-order valence-electron chi connectivity index (χ3n) is 6.55. The summed E-state index contributed by atoms with van der Waals surface area (Å²) in [7, 11) is 0. The molecule has 1 fully saturated rings. The fourth-order valence-corrected chi connectivity index (χ4v) is 5.23. The van der Waals surface area contributed by atoms with Crippen LogP contribution in [-0.2, 0) is 6.42 Å². The van der Waals surface area contributed by atoms with Gasteiger partial charge in [-0.25, -0.2) is 9.97 Å². The molecule has 1 heterocycles. The third-order valence-corrected chi connectivity index (χ3v) is 7.21. The minimum absolute atomic E-state index is 0.649. The number of aromatic nitrogens is 2. The minimum Gasteiger partial charge on any atom is -0.236 e. The standard InChI is InChI=1S/C26H37BrN2/c1-3-5-7-9-20-11-14-22(15-12-20)23-18-28-26(29-19-23)24-16-13-21(17-25(24)27)10-8-6-4-2/h13,16-20,22H,3-12,14-15H2,1-2H3/t20-,22-. The van der Waals surface area contributed by atoms with E-state index >= 15 is 0 Å². The van der Waals surface area contributed by atoms with Crippen LogP contribution in [0.1, 0.15) is 102 Å². The van der Waals surface area contributed by atoms with E-state index in [2.05, 4.69) is 60.4 Å². The Bertz CT molecular complexity index is 733. The van der Waals surface area contributed by atoms with Crippen molar-refractivity contribution in [3.63, 3.8) is 0 Å². The van der Waals surface area contributed by atoms with Crippen molar-refractivity contribution in [2.24, 2.45) is 5.92 Å². The van der Waals surface area contributed by atoms with Crippen molar-refractivity contribution < 1.29 is 0 Å². The first-order valence-corrected chi connectivity index (χ1v) is 12.6. The predicted octanol–water partition coefficient (Wildman–Crippen LogP) is 8.49. The number of hydrogen-bond donors (Lipinski definition) is 0. The Morgan fingerprint density at radius 1 is 0.897 bits per heavy atom. The normalized spacial score (nSPS) is 19.4. The average molecular weight is 458 g/mol. The van der Waals surface area contributed by atoms with Crippen molar-refractivity contribution >= 4 is 15.9 Å². The Labute approximate surface area is 186 Å². The fraction of sp³-hybridized carbons (Fsp3) is 0.615. The van der Waals surface area contributed by atoms with E-state index in [1.165, 1.54) is 81.8 Å². The van der Waals surface area contributed by atoms with Gasteiger partial charge in [0.1, 0.15) is 0 Å². The van der Waals surface area contributed by atoms with Crippen LogP contribution >= 0.6 is 15.9 Å². The van der Waals surface area contributed by atoms with E-state index in [4.69, 9.17) is 9.97 Å². The van der Waals surface area contributed by atoms with Gasteiger partial charge in [0.05, 0.1) is 0 Å². The summed E-state index contributed by atoms with van der Waals surface area (Å²) in [5.41, 5.74) is 3.81. The van der Waals surface area contributed by atoms with Gasteiger partial charge < -0.3 is 0 Å². The molecule has 0 atom stereocenters. The SMILES string of the molecule is CCCCCc1ccc(-c2ncc([C@H]3CC[C@H](CCCCC)CC3)cn2)c(Br)c1. The second kappa shape index (κ2) is 11.8. The van der Waals surface area contributed by atoms with Crippen LogP contribution in [-0.4, -0.2) is 9.97 Å². The highest BCUT2D eigenvalue weighted by atomic mass is 79.9. The van der Waals surface area contributed by atoms with E-state index < -0.39 is 0 Å². The highest BCUT2D eigenvalue weighted by molar-refractivity contribution is 9.10. The van der Waals surface area contributed by atoms with Crippen LogP contribution in [0.2, 0.25) is 0 Å². The molecule has 0 N–H and O–H groups in total. The van der Waals surface area contributed by atoms with Gasteiger partial charge in [0.25, 0.3) is 0 Å².